The third-order valence-corrected chi connectivity index (χ3v) is 7.33. The first-order chi connectivity index (χ1) is 19.4. The van der Waals surface area contributed by atoms with Gasteiger partial charge in [-0.15, -0.1) is 0 Å². The molecule has 0 unspecified atom stereocenters. The van der Waals surface area contributed by atoms with E-state index in [1.54, 1.807) is 18.2 Å². The van der Waals surface area contributed by atoms with Gasteiger partial charge in [0.05, 0.1) is 22.8 Å². The predicted molar refractivity (Wildman–Crippen MR) is 161 cm³/mol. The first kappa shape index (κ1) is 29.0. The summed E-state index contributed by atoms with van der Waals surface area (Å²) in [6, 6.07) is 21.5. The van der Waals surface area contributed by atoms with E-state index >= 15 is 0 Å². The molecule has 4 rings (SSSR count). The van der Waals surface area contributed by atoms with Crippen molar-refractivity contribution in [2.45, 2.75) is 46.0 Å². The maximum atomic E-state index is 13.9. The standard InChI is InChI=1S/C33H39N3O4/c1-4-6-20-35(21-7-5-2)22-11-23-40-28-17-14-26(15-18-28)33(37)31-29-24-27(36(38)39)16-19-30(29)34(3)32(31)25-12-9-8-10-13-25/h8-10,12-19,24H,4-7,11,20-23H2,1-3H3. The van der Waals surface area contributed by atoms with E-state index in [4.69, 9.17) is 4.74 Å². The van der Waals surface area contributed by atoms with Gasteiger partial charge in [-0.25, -0.2) is 0 Å². The SMILES string of the molecule is CCCCN(CCCC)CCCOc1ccc(C(=O)c2c(-c3ccccc3)n(C)c3ccc([N+](=O)[O-])cc23)cc1. The molecule has 0 aliphatic rings. The molecule has 0 radical (unpaired) electrons. The van der Waals surface area contributed by atoms with E-state index in [-0.39, 0.29) is 11.5 Å². The minimum atomic E-state index is -0.429. The number of nitro benzene ring substituents is 1. The smallest absolute Gasteiger partial charge is 0.270 e. The van der Waals surface area contributed by atoms with Crippen molar-refractivity contribution < 1.29 is 14.5 Å². The van der Waals surface area contributed by atoms with Gasteiger partial charge < -0.3 is 14.2 Å². The molecule has 7 nitrogen and oxygen atoms in total. The molecule has 3 aromatic carbocycles. The lowest BCUT2D eigenvalue weighted by Crippen LogP contribution is -2.28. The highest BCUT2D eigenvalue weighted by Crippen LogP contribution is 2.36. The molecule has 7 heteroatoms. The van der Waals surface area contributed by atoms with Crippen LogP contribution in [0.25, 0.3) is 22.2 Å². The number of aryl methyl sites for hydroxylation is 1. The Morgan fingerprint density at radius 1 is 0.900 bits per heavy atom. The van der Waals surface area contributed by atoms with Crippen LogP contribution in [-0.2, 0) is 7.05 Å². The zero-order chi connectivity index (χ0) is 28.5. The summed E-state index contributed by atoms with van der Waals surface area (Å²) in [7, 11) is 1.88. The average molecular weight is 542 g/mol. The molecule has 0 saturated carbocycles. The van der Waals surface area contributed by atoms with Crippen LogP contribution in [0.3, 0.4) is 0 Å². The molecule has 0 saturated heterocycles. The van der Waals surface area contributed by atoms with Gasteiger partial charge in [0.25, 0.3) is 5.69 Å². The van der Waals surface area contributed by atoms with E-state index in [0.29, 0.717) is 23.1 Å². The monoisotopic (exact) mass is 541 g/mol. The van der Waals surface area contributed by atoms with Gasteiger partial charge in [-0.2, -0.15) is 0 Å². The Balaban J connectivity index is 1.53. The Kier molecular flexibility index (Phi) is 10.1. The number of nitro groups is 1. The summed E-state index contributed by atoms with van der Waals surface area (Å²) >= 11 is 0. The number of ether oxygens (including phenoxy) is 1. The molecule has 0 bridgehead atoms. The number of non-ortho nitro benzene ring substituents is 1. The lowest BCUT2D eigenvalue weighted by atomic mass is 9.97. The largest absolute Gasteiger partial charge is 0.494 e. The summed E-state index contributed by atoms with van der Waals surface area (Å²) in [6.45, 7) is 8.36. The van der Waals surface area contributed by atoms with Crippen molar-refractivity contribution in [1.29, 1.82) is 0 Å². The van der Waals surface area contributed by atoms with Crippen molar-refractivity contribution in [1.82, 2.24) is 9.47 Å². The number of carbonyl (C=O) groups excluding carboxylic acids is 1. The van der Waals surface area contributed by atoms with E-state index < -0.39 is 4.92 Å². The molecule has 0 spiro atoms. The molecule has 0 N–H and O–H groups in total. The number of nitrogens with zero attached hydrogens (tertiary/aromatic N) is 3. The van der Waals surface area contributed by atoms with Crippen molar-refractivity contribution in [2.75, 3.05) is 26.2 Å². The normalized spacial score (nSPS) is 11.3. The fourth-order valence-corrected chi connectivity index (χ4v) is 5.13. The Bertz CT molecular complexity index is 1420. The number of fused-ring (bicyclic) bond motifs is 1. The Morgan fingerprint density at radius 3 is 2.17 bits per heavy atom. The Labute approximate surface area is 236 Å². The highest BCUT2D eigenvalue weighted by molar-refractivity contribution is 6.20. The average Bonchev–Trinajstić information content (AvgIpc) is 3.28. The summed E-state index contributed by atoms with van der Waals surface area (Å²) in [5, 5.41) is 12.1. The van der Waals surface area contributed by atoms with E-state index in [0.717, 1.165) is 48.6 Å². The molecule has 0 atom stereocenters. The van der Waals surface area contributed by atoms with E-state index in [1.807, 2.05) is 54.1 Å². The molecule has 0 aliphatic carbocycles. The highest BCUT2D eigenvalue weighted by Gasteiger charge is 2.25. The summed E-state index contributed by atoms with van der Waals surface area (Å²) in [5.41, 5.74) is 3.29. The van der Waals surface area contributed by atoms with Crippen LogP contribution >= 0.6 is 0 Å². The summed E-state index contributed by atoms with van der Waals surface area (Å²) < 4.78 is 7.93. The number of hydrogen-bond acceptors (Lipinski definition) is 5. The highest BCUT2D eigenvalue weighted by atomic mass is 16.6. The van der Waals surface area contributed by atoms with Gasteiger partial charge >= 0.3 is 0 Å². The van der Waals surface area contributed by atoms with E-state index in [9.17, 15) is 14.9 Å². The van der Waals surface area contributed by atoms with Crippen LogP contribution in [0.2, 0.25) is 0 Å². The minimum absolute atomic E-state index is 0.0431. The van der Waals surface area contributed by atoms with Crippen LogP contribution in [0.15, 0.2) is 72.8 Å². The van der Waals surface area contributed by atoms with Crippen LogP contribution < -0.4 is 4.74 Å². The maximum Gasteiger partial charge on any atom is 0.270 e. The number of unbranched alkanes of at least 4 members (excludes halogenated alkanes) is 2. The molecule has 1 heterocycles. The second kappa shape index (κ2) is 13.9. The third-order valence-electron chi connectivity index (χ3n) is 7.33. The fraction of sp³-hybridized carbons (Fsp3) is 0.364. The van der Waals surface area contributed by atoms with Gasteiger partial charge in [0.2, 0.25) is 0 Å². The second-order valence-electron chi connectivity index (χ2n) is 10.2. The lowest BCUT2D eigenvalue weighted by molar-refractivity contribution is -0.384. The van der Waals surface area contributed by atoms with Crippen LogP contribution in [0.4, 0.5) is 5.69 Å². The van der Waals surface area contributed by atoms with Gasteiger partial charge in [0, 0.05) is 42.2 Å². The van der Waals surface area contributed by atoms with Crippen LogP contribution in [-0.4, -0.2) is 46.4 Å². The molecule has 0 aliphatic heterocycles. The number of rotatable bonds is 15. The third kappa shape index (κ3) is 6.77. The molecule has 4 aromatic rings. The zero-order valence-electron chi connectivity index (χ0n) is 23.8. The van der Waals surface area contributed by atoms with Crippen molar-refractivity contribution in [3.05, 3.63) is 94.0 Å². The molecule has 0 amide bonds. The number of hydrogen-bond donors (Lipinski definition) is 0. The Hall–Kier alpha value is -3.97. The quantitative estimate of drug-likeness (QED) is 0.0668. The molecule has 210 valence electrons. The lowest BCUT2D eigenvalue weighted by Gasteiger charge is -2.21. The number of aromatic nitrogens is 1. The first-order valence-electron chi connectivity index (χ1n) is 14.3. The second-order valence-corrected chi connectivity index (χ2v) is 10.2. The van der Waals surface area contributed by atoms with Crippen molar-refractivity contribution in [2.24, 2.45) is 7.05 Å². The van der Waals surface area contributed by atoms with E-state index in [1.165, 1.54) is 37.8 Å². The number of ketones is 1. The zero-order valence-corrected chi connectivity index (χ0v) is 23.8. The van der Waals surface area contributed by atoms with Crippen LogP contribution in [0.1, 0.15) is 61.9 Å². The summed E-state index contributed by atoms with van der Waals surface area (Å²) in [5.74, 6) is 0.543. The van der Waals surface area contributed by atoms with Crippen molar-refractivity contribution in [3.8, 4) is 17.0 Å². The molecular formula is C33H39N3O4. The maximum absolute atomic E-state index is 13.9. The summed E-state index contributed by atoms with van der Waals surface area (Å²) in [4.78, 5) is 27.6. The van der Waals surface area contributed by atoms with Crippen molar-refractivity contribution >= 4 is 22.4 Å². The van der Waals surface area contributed by atoms with Gasteiger partial charge in [0.15, 0.2) is 5.78 Å². The van der Waals surface area contributed by atoms with Gasteiger partial charge in [0.1, 0.15) is 5.75 Å². The molecule has 40 heavy (non-hydrogen) atoms. The topological polar surface area (TPSA) is 77.6 Å². The van der Waals surface area contributed by atoms with Crippen LogP contribution in [0, 0.1) is 10.1 Å². The summed E-state index contributed by atoms with van der Waals surface area (Å²) in [6.07, 6.45) is 5.79. The number of benzene rings is 3. The predicted octanol–water partition coefficient (Wildman–Crippen LogP) is 7.66. The van der Waals surface area contributed by atoms with Gasteiger partial charge in [-0.3, -0.25) is 14.9 Å². The molecular weight excluding hydrogens is 502 g/mol. The minimum Gasteiger partial charge on any atom is -0.494 e. The molecule has 0 fully saturated rings. The fourth-order valence-electron chi connectivity index (χ4n) is 5.13. The van der Waals surface area contributed by atoms with Crippen LogP contribution in [0.5, 0.6) is 5.75 Å². The van der Waals surface area contributed by atoms with E-state index in [2.05, 4.69) is 18.7 Å². The van der Waals surface area contributed by atoms with Gasteiger partial charge in [-0.05, 0) is 68.2 Å². The number of carbonyl (C=O) groups is 1. The molecule has 1 aromatic heterocycles. The Morgan fingerprint density at radius 2 is 1.55 bits per heavy atom. The van der Waals surface area contributed by atoms with Gasteiger partial charge in [-0.1, -0.05) is 57.0 Å². The first-order valence-corrected chi connectivity index (χ1v) is 14.3. The van der Waals surface area contributed by atoms with Crippen molar-refractivity contribution in [3.63, 3.8) is 0 Å².